The lowest BCUT2D eigenvalue weighted by Gasteiger charge is -2.48. The Morgan fingerprint density at radius 2 is 1.76 bits per heavy atom. The van der Waals surface area contributed by atoms with E-state index >= 15 is 0 Å². The normalized spacial score (nSPS) is 19.6. The van der Waals surface area contributed by atoms with Gasteiger partial charge in [-0.15, -0.1) is 0 Å². The van der Waals surface area contributed by atoms with Crippen molar-refractivity contribution in [1.29, 1.82) is 0 Å². The third kappa shape index (κ3) is 4.08. The highest BCUT2D eigenvalue weighted by atomic mass is 15.2. The molecule has 1 aromatic carbocycles. The highest BCUT2D eigenvalue weighted by Crippen LogP contribution is 2.36. The van der Waals surface area contributed by atoms with Crippen molar-refractivity contribution in [3.63, 3.8) is 0 Å². The molecule has 0 heterocycles. The second-order valence-corrected chi connectivity index (χ2v) is 6.78. The maximum absolute atomic E-state index is 3.64. The van der Waals surface area contributed by atoms with Gasteiger partial charge in [-0.2, -0.15) is 0 Å². The Labute approximate surface area is 130 Å². The van der Waals surface area contributed by atoms with Crippen LogP contribution in [-0.4, -0.2) is 37.6 Å². The molecule has 0 amide bonds. The summed E-state index contributed by atoms with van der Waals surface area (Å²) in [6.45, 7) is 0. The van der Waals surface area contributed by atoms with Gasteiger partial charge in [0.05, 0.1) is 0 Å². The Bertz CT molecular complexity index is 393. The van der Waals surface area contributed by atoms with Gasteiger partial charge in [-0.05, 0) is 58.8 Å². The van der Waals surface area contributed by atoms with Gasteiger partial charge in [-0.3, -0.25) is 0 Å². The number of hydrogen-bond acceptors (Lipinski definition) is 2. The summed E-state index contributed by atoms with van der Waals surface area (Å²) in [5.74, 6) is 0. The van der Waals surface area contributed by atoms with Gasteiger partial charge in [0.25, 0.3) is 0 Å². The van der Waals surface area contributed by atoms with E-state index in [9.17, 15) is 0 Å². The van der Waals surface area contributed by atoms with Gasteiger partial charge in [0.2, 0.25) is 0 Å². The molecule has 0 saturated heterocycles. The Morgan fingerprint density at radius 1 is 1.10 bits per heavy atom. The Hall–Kier alpha value is -0.860. The predicted octanol–water partition coefficient (Wildman–Crippen LogP) is 3.86. The quantitative estimate of drug-likeness (QED) is 0.819. The molecule has 1 aliphatic carbocycles. The second-order valence-electron chi connectivity index (χ2n) is 6.78. The summed E-state index contributed by atoms with van der Waals surface area (Å²) in [4.78, 5) is 2.50. The molecule has 2 heteroatoms. The van der Waals surface area contributed by atoms with E-state index in [1.807, 2.05) is 0 Å². The maximum atomic E-state index is 3.64. The zero-order valence-electron chi connectivity index (χ0n) is 14.1. The molecular formula is C19H32N2. The lowest BCUT2D eigenvalue weighted by Crippen LogP contribution is -2.59. The van der Waals surface area contributed by atoms with E-state index in [0.29, 0.717) is 11.6 Å². The first kappa shape index (κ1) is 16.5. The van der Waals surface area contributed by atoms with Crippen LogP contribution in [0.3, 0.4) is 0 Å². The first-order valence-electron chi connectivity index (χ1n) is 8.57. The molecule has 1 fully saturated rings. The first-order chi connectivity index (χ1) is 10.2. The van der Waals surface area contributed by atoms with Gasteiger partial charge < -0.3 is 10.2 Å². The van der Waals surface area contributed by atoms with Crippen LogP contribution in [0.5, 0.6) is 0 Å². The van der Waals surface area contributed by atoms with Crippen LogP contribution in [0.25, 0.3) is 0 Å². The van der Waals surface area contributed by atoms with E-state index in [4.69, 9.17) is 0 Å². The molecule has 0 spiro atoms. The number of aryl methyl sites for hydroxylation is 1. The van der Waals surface area contributed by atoms with E-state index in [2.05, 4.69) is 61.7 Å². The number of hydrogen-bond donors (Lipinski definition) is 1. The van der Waals surface area contributed by atoms with Crippen molar-refractivity contribution < 1.29 is 0 Å². The highest BCUT2D eigenvalue weighted by Gasteiger charge is 2.40. The Balaban J connectivity index is 1.94. The fraction of sp³-hybridized carbons (Fsp3) is 0.684. The zero-order valence-corrected chi connectivity index (χ0v) is 14.1. The molecule has 1 aromatic rings. The van der Waals surface area contributed by atoms with Gasteiger partial charge in [0.1, 0.15) is 0 Å². The first-order valence-corrected chi connectivity index (χ1v) is 8.57. The van der Waals surface area contributed by atoms with Crippen LogP contribution in [-0.2, 0) is 6.42 Å². The monoisotopic (exact) mass is 288 g/mol. The predicted molar refractivity (Wildman–Crippen MR) is 91.7 cm³/mol. The minimum Gasteiger partial charge on any atom is -0.315 e. The lowest BCUT2D eigenvalue weighted by molar-refractivity contribution is 0.0557. The fourth-order valence-corrected chi connectivity index (χ4v) is 4.11. The minimum atomic E-state index is 0.365. The third-order valence-electron chi connectivity index (χ3n) is 5.41. The van der Waals surface area contributed by atoms with Crippen LogP contribution in [0.2, 0.25) is 0 Å². The van der Waals surface area contributed by atoms with Crippen molar-refractivity contribution >= 4 is 0 Å². The van der Waals surface area contributed by atoms with Crippen LogP contribution in [0.1, 0.15) is 50.5 Å². The molecule has 1 N–H and O–H groups in total. The molecule has 1 saturated carbocycles. The molecule has 2 rings (SSSR count). The van der Waals surface area contributed by atoms with Crippen LogP contribution in [0.4, 0.5) is 0 Å². The fourth-order valence-electron chi connectivity index (χ4n) is 4.11. The lowest BCUT2D eigenvalue weighted by atomic mass is 9.73. The van der Waals surface area contributed by atoms with Crippen LogP contribution in [0.15, 0.2) is 30.3 Å². The second kappa shape index (κ2) is 7.95. The largest absolute Gasteiger partial charge is 0.315 e. The molecule has 21 heavy (non-hydrogen) atoms. The molecule has 118 valence electrons. The smallest absolute Gasteiger partial charge is 0.0356 e. The standard InChI is InChI=1S/C19H32N2/c1-20-18(14-10-13-17-11-6-4-7-12-17)19(21(2)3)15-8-5-9-16-19/h4,6-7,11-12,18,20H,5,8-10,13-16H2,1-3H3. The average molecular weight is 288 g/mol. The van der Waals surface area contributed by atoms with Gasteiger partial charge in [-0.25, -0.2) is 0 Å². The highest BCUT2D eigenvalue weighted by molar-refractivity contribution is 5.14. The molecule has 0 aliphatic heterocycles. The van der Waals surface area contributed by atoms with Gasteiger partial charge in [0, 0.05) is 11.6 Å². The third-order valence-corrected chi connectivity index (χ3v) is 5.41. The molecule has 1 atom stereocenters. The molecule has 2 nitrogen and oxygen atoms in total. The average Bonchev–Trinajstić information content (AvgIpc) is 2.53. The number of nitrogens with zero attached hydrogens (tertiary/aromatic N) is 1. The van der Waals surface area contributed by atoms with E-state index in [-0.39, 0.29) is 0 Å². The number of benzene rings is 1. The molecule has 0 aromatic heterocycles. The summed E-state index contributed by atoms with van der Waals surface area (Å²) < 4.78 is 0. The minimum absolute atomic E-state index is 0.365. The summed E-state index contributed by atoms with van der Waals surface area (Å²) in [5.41, 5.74) is 1.83. The van der Waals surface area contributed by atoms with Crippen LogP contribution < -0.4 is 5.32 Å². The van der Waals surface area contributed by atoms with Crippen molar-refractivity contribution in [2.24, 2.45) is 0 Å². The van der Waals surface area contributed by atoms with Crippen molar-refractivity contribution in [1.82, 2.24) is 10.2 Å². The maximum Gasteiger partial charge on any atom is 0.0356 e. The van der Waals surface area contributed by atoms with Gasteiger partial charge in [0.15, 0.2) is 0 Å². The summed E-state index contributed by atoms with van der Waals surface area (Å²) in [7, 11) is 6.69. The summed E-state index contributed by atoms with van der Waals surface area (Å²) in [6, 6.07) is 11.5. The number of rotatable bonds is 7. The SMILES string of the molecule is CNC(CCCc1ccccc1)C1(N(C)C)CCCCC1. The van der Waals surface area contributed by atoms with Gasteiger partial charge >= 0.3 is 0 Å². The number of nitrogens with one attached hydrogen (secondary N) is 1. The van der Waals surface area contributed by atoms with Crippen molar-refractivity contribution in [2.75, 3.05) is 21.1 Å². The van der Waals surface area contributed by atoms with Crippen LogP contribution in [0, 0.1) is 0 Å². The van der Waals surface area contributed by atoms with Crippen LogP contribution >= 0.6 is 0 Å². The Morgan fingerprint density at radius 3 is 2.33 bits per heavy atom. The van der Waals surface area contributed by atoms with Gasteiger partial charge in [-0.1, -0.05) is 49.6 Å². The van der Waals surface area contributed by atoms with E-state index < -0.39 is 0 Å². The van der Waals surface area contributed by atoms with E-state index in [1.54, 1.807) is 0 Å². The van der Waals surface area contributed by atoms with E-state index in [1.165, 1.54) is 56.9 Å². The molecule has 0 bridgehead atoms. The van der Waals surface area contributed by atoms with Crippen molar-refractivity contribution in [3.05, 3.63) is 35.9 Å². The van der Waals surface area contributed by atoms with Crippen molar-refractivity contribution in [3.8, 4) is 0 Å². The molecular weight excluding hydrogens is 256 g/mol. The van der Waals surface area contributed by atoms with Crippen molar-refractivity contribution in [2.45, 2.75) is 62.9 Å². The summed E-state index contributed by atoms with van der Waals surface area (Å²) >= 11 is 0. The zero-order chi connectivity index (χ0) is 15.1. The topological polar surface area (TPSA) is 15.3 Å². The molecule has 1 unspecified atom stereocenters. The summed E-state index contributed by atoms with van der Waals surface area (Å²) in [5, 5.41) is 3.64. The molecule has 1 aliphatic rings. The van der Waals surface area contributed by atoms with E-state index in [0.717, 1.165) is 0 Å². The Kier molecular flexibility index (Phi) is 6.25. The number of likely N-dealkylation sites (N-methyl/N-ethyl adjacent to an activating group) is 2. The molecule has 0 radical (unpaired) electrons. The summed E-state index contributed by atoms with van der Waals surface area (Å²) in [6.07, 6.45) is 10.6.